The van der Waals surface area contributed by atoms with E-state index in [9.17, 15) is 4.79 Å². The van der Waals surface area contributed by atoms with E-state index in [4.69, 9.17) is 5.73 Å². The van der Waals surface area contributed by atoms with E-state index < -0.39 is 0 Å². The van der Waals surface area contributed by atoms with Crippen LogP contribution in [0.1, 0.15) is 51.4 Å². The van der Waals surface area contributed by atoms with Gasteiger partial charge in [0.2, 0.25) is 5.91 Å². The van der Waals surface area contributed by atoms with Gasteiger partial charge in [-0.15, -0.1) is 0 Å². The van der Waals surface area contributed by atoms with Gasteiger partial charge in [-0.25, -0.2) is 0 Å². The van der Waals surface area contributed by atoms with Crippen LogP contribution in [0.4, 0.5) is 0 Å². The number of carbonyl (C=O) groups is 1. The Labute approximate surface area is 92.8 Å². The van der Waals surface area contributed by atoms with Gasteiger partial charge in [0.05, 0.1) is 0 Å². The largest absolute Gasteiger partial charge is 0.356 e. The van der Waals surface area contributed by atoms with E-state index in [1.807, 2.05) is 0 Å². The molecular weight excluding hydrogens is 188 g/mol. The third-order valence-corrected chi connectivity index (χ3v) is 3.21. The highest BCUT2D eigenvalue weighted by Gasteiger charge is 2.12. The van der Waals surface area contributed by atoms with E-state index in [1.54, 1.807) is 0 Å². The summed E-state index contributed by atoms with van der Waals surface area (Å²) in [4.78, 5) is 11.1. The third-order valence-electron chi connectivity index (χ3n) is 3.21. The van der Waals surface area contributed by atoms with Crippen molar-refractivity contribution in [3.8, 4) is 0 Å². The molecule has 0 aromatic heterocycles. The smallest absolute Gasteiger partial charge is 0.221 e. The van der Waals surface area contributed by atoms with Gasteiger partial charge < -0.3 is 11.1 Å². The molecule has 0 spiro atoms. The Morgan fingerprint density at radius 1 is 1.27 bits per heavy atom. The average molecular weight is 212 g/mol. The van der Waals surface area contributed by atoms with Gasteiger partial charge in [-0.2, -0.15) is 0 Å². The maximum absolute atomic E-state index is 11.1. The first kappa shape index (κ1) is 12.5. The molecule has 0 atom stereocenters. The molecule has 0 aliphatic heterocycles. The number of hydrogen-bond donors (Lipinski definition) is 2. The molecule has 1 aliphatic carbocycles. The van der Waals surface area contributed by atoms with Crippen LogP contribution in [-0.4, -0.2) is 19.0 Å². The molecule has 3 N–H and O–H groups in total. The SMILES string of the molecule is NCCC(=O)NCCCC1CCCCC1. The van der Waals surface area contributed by atoms with Crippen LogP contribution < -0.4 is 11.1 Å². The van der Waals surface area contributed by atoms with Gasteiger partial charge in [-0.1, -0.05) is 32.1 Å². The van der Waals surface area contributed by atoms with E-state index in [0.29, 0.717) is 13.0 Å². The fraction of sp³-hybridized carbons (Fsp3) is 0.917. The van der Waals surface area contributed by atoms with Crippen molar-refractivity contribution in [2.24, 2.45) is 11.7 Å². The minimum absolute atomic E-state index is 0.0983. The van der Waals surface area contributed by atoms with Gasteiger partial charge in [0, 0.05) is 19.5 Å². The predicted octanol–water partition coefficient (Wildman–Crippen LogP) is 1.81. The summed E-state index contributed by atoms with van der Waals surface area (Å²) < 4.78 is 0. The molecule has 0 heterocycles. The fourth-order valence-electron chi connectivity index (χ4n) is 2.31. The van der Waals surface area contributed by atoms with Crippen LogP contribution in [0.15, 0.2) is 0 Å². The van der Waals surface area contributed by atoms with Crippen LogP contribution in [-0.2, 0) is 4.79 Å². The van der Waals surface area contributed by atoms with Gasteiger partial charge in [-0.3, -0.25) is 4.79 Å². The van der Waals surface area contributed by atoms with Gasteiger partial charge in [0.25, 0.3) is 0 Å². The zero-order valence-corrected chi connectivity index (χ0v) is 9.63. The summed E-state index contributed by atoms with van der Waals surface area (Å²) in [7, 11) is 0. The highest BCUT2D eigenvalue weighted by atomic mass is 16.1. The summed E-state index contributed by atoms with van der Waals surface area (Å²) in [5.41, 5.74) is 5.29. The Balaban J connectivity index is 1.93. The Kier molecular flexibility index (Phi) is 6.41. The summed E-state index contributed by atoms with van der Waals surface area (Å²) >= 11 is 0. The van der Waals surface area contributed by atoms with E-state index in [1.165, 1.54) is 38.5 Å². The van der Waals surface area contributed by atoms with Crippen molar-refractivity contribution in [1.82, 2.24) is 5.32 Å². The van der Waals surface area contributed by atoms with Crippen molar-refractivity contribution in [1.29, 1.82) is 0 Å². The third kappa shape index (κ3) is 5.78. The highest BCUT2D eigenvalue weighted by Crippen LogP contribution is 2.26. The van der Waals surface area contributed by atoms with Crippen molar-refractivity contribution in [3.63, 3.8) is 0 Å². The van der Waals surface area contributed by atoms with Crippen molar-refractivity contribution < 1.29 is 4.79 Å². The average Bonchev–Trinajstić information content (AvgIpc) is 2.26. The summed E-state index contributed by atoms with van der Waals surface area (Å²) in [5.74, 6) is 1.02. The molecule has 88 valence electrons. The lowest BCUT2D eigenvalue weighted by Gasteiger charge is -2.21. The van der Waals surface area contributed by atoms with Gasteiger partial charge in [0.15, 0.2) is 0 Å². The summed E-state index contributed by atoms with van der Waals surface area (Å²) in [6.07, 6.45) is 9.90. The van der Waals surface area contributed by atoms with Crippen molar-refractivity contribution in [2.75, 3.05) is 13.1 Å². The maximum atomic E-state index is 11.1. The second kappa shape index (κ2) is 7.69. The van der Waals surface area contributed by atoms with Gasteiger partial charge in [0.1, 0.15) is 0 Å². The zero-order valence-electron chi connectivity index (χ0n) is 9.63. The standard InChI is InChI=1S/C12H24N2O/c13-9-8-12(15)14-10-4-7-11-5-2-1-3-6-11/h11H,1-10,13H2,(H,14,15). The minimum Gasteiger partial charge on any atom is -0.356 e. The van der Waals surface area contributed by atoms with E-state index in [2.05, 4.69) is 5.32 Å². The molecule has 1 rings (SSSR count). The lowest BCUT2D eigenvalue weighted by Crippen LogP contribution is -2.26. The van der Waals surface area contributed by atoms with Crippen LogP contribution >= 0.6 is 0 Å². The molecule has 0 saturated heterocycles. The topological polar surface area (TPSA) is 55.1 Å². The molecule has 15 heavy (non-hydrogen) atoms. The minimum atomic E-state index is 0.0983. The number of hydrogen-bond acceptors (Lipinski definition) is 2. The molecule has 0 aromatic carbocycles. The fourth-order valence-corrected chi connectivity index (χ4v) is 2.31. The van der Waals surface area contributed by atoms with Crippen LogP contribution in [0.3, 0.4) is 0 Å². The number of rotatable bonds is 6. The molecule has 3 heteroatoms. The quantitative estimate of drug-likeness (QED) is 0.660. The van der Waals surface area contributed by atoms with E-state index in [0.717, 1.165) is 18.9 Å². The first-order valence-electron chi connectivity index (χ1n) is 6.29. The van der Waals surface area contributed by atoms with Crippen LogP contribution in [0.5, 0.6) is 0 Å². The monoisotopic (exact) mass is 212 g/mol. The normalized spacial score (nSPS) is 17.7. The second-order valence-electron chi connectivity index (χ2n) is 4.53. The summed E-state index contributed by atoms with van der Waals surface area (Å²) in [6.45, 7) is 1.28. The molecule has 0 radical (unpaired) electrons. The molecule has 0 bridgehead atoms. The van der Waals surface area contributed by atoms with Gasteiger partial charge >= 0.3 is 0 Å². The first-order chi connectivity index (χ1) is 7.33. The highest BCUT2D eigenvalue weighted by molar-refractivity contribution is 5.75. The molecule has 1 fully saturated rings. The molecule has 1 saturated carbocycles. The molecule has 0 unspecified atom stereocenters. The van der Waals surface area contributed by atoms with Crippen LogP contribution in [0.2, 0.25) is 0 Å². The first-order valence-corrected chi connectivity index (χ1v) is 6.29. The van der Waals surface area contributed by atoms with Crippen molar-refractivity contribution in [3.05, 3.63) is 0 Å². The number of nitrogens with two attached hydrogens (primary N) is 1. The summed E-state index contributed by atoms with van der Waals surface area (Å²) in [6, 6.07) is 0. The molecular formula is C12H24N2O. The van der Waals surface area contributed by atoms with E-state index >= 15 is 0 Å². The van der Waals surface area contributed by atoms with Crippen LogP contribution in [0, 0.1) is 5.92 Å². The lowest BCUT2D eigenvalue weighted by molar-refractivity contribution is -0.120. The Morgan fingerprint density at radius 3 is 2.67 bits per heavy atom. The maximum Gasteiger partial charge on any atom is 0.221 e. The molecule has 3 nitrogen and oxygen atoms in total. The van der Waals surface area contributed by atoms with E-state index in [-0.39, 0.29) is 5.91 Å². The van der Waals surface area contributed by atoms with Crippen molar-refractivity contribution in [2.45, 2.75) is 51.4 Å². The Hall–Kier alpha value is -0.570. The summed E-state index contributed by atoms with van der Waals surface area (Å²) in [5, 5.41) is 2.90. The zero-order chi connectivity index (χ0) is 10.9. The lowest BCUT2D eigenvalue weighted by atomic mass is 9.86. The Bertz CT molecular complexity index is 176. The predicted molar refractivity (Wildman–Crippen MR) is 62.5 cm³/mol. The second-order valence-corrected chi connectivity index (χ2v) is 4.53. The molecule has 0 aromatic rings. The Morgan fingerprint density at radius 2 is 2.00 bits per heavy atom. The van der Waals surface area contributed by atoms with Crippen molar-refractivity contribution >= 4 is 5.91 Å². The molecule has 1 aliphatic rings. The van der Waals surface area contributed by atoms with Crippen LogP contribution in [0.25, 0.3) is 0 Å². The number of nitrogens with one attached hydrogen (secondary N) is 1. The number of carbonyl (C=O) groups excluding carboxylic acids is 1. The molecule has 1 amide bonds. The van der Waals surface area contributed by atoms with Gasteiger partial charge in [-0.05, 0) is 18.8 Å². The number of amides is 1.